The average Bonchev–Trinajstić information content (AvgIpc) is 3.96. The van der Waals surface area contributed by atoms with Gasteiger partial charge in [0.2, 0.25) is 5.82 Å². The van der Waals surface area contributed by atoms with E-state index < -0.39 is 0 Å². The van der Waals surface area contributed by atoms with Gasteiger partial charge in [0.05, 0.1) is 43.3 Å². The molecule has 0 spiro atoms. The smallest absolute Gasteiger partial charge is 0.309 e. The van der Waals surface area contributed by atoms with Crippen LogP contribution < -0.4 is 4.90 Å². The van der Waals surface area contributed by atoms with Gasteiger partial charge in [-0.25, -0.2) is 9.36 Å². The summed E-state index contributed by atoms with van der Waals surface area (Å²) in [6.07, 6.45) is 0. The van der Waals surface area contributed by atoms with E-state index in [2.05, 4.69) is 110 Å². The molecule has 0 N–H and O–H groups in total. The molecule has 5 aromatic carbocycles. The maximum Gasteiger partial charge on any atom is 0.309 e. The minimum absolute atomic E-state index is 0.0420. The molecule has 6 aliphatic carbocycles. The molecule has 0 radical (unpaired) electrons. The normalized spacial score (nSPS) is 21.5. The van der Waals surface area contributed by atoms with Crippen molar-refractivity contribution in [2.75, 3.05) is 38.3 Å². The molecule has 14 heteroatoms. The third kappa shape index (κ3) is 7.06. The Kier molecular flexibility index (Phi) is 11.5. The molecule has 0 aliphatic heterocycles. The van der Waals surface area contributed by atoms with Crippen molar-refractivity contribution in [2.24, 2.45) is 23.7 Å². The van der Waals surface area contributed by atoms with Gasteiger partial charge < -0.3 is 19.1 Å². The summed E-state index contributed by atoms with van der Waals surface area (Å²) >= 11 is 0. The highest BCUT2D eigenvalue weighted by Gasteiger charge is 2.53. The van der Waals surface area contributed by atoms with Crippen LogP contribution in [0.15, 0.2) is 84.9 Å². The van der Waals surface area contributed by atoms with E-state index in [4.69, 9.17) is 39.4 Å². The van der Waals surface area contributed by atoms with Crippen molar-refractivity contribution in [1.29, 1.82) is 0 Å². The zero-order valence-electron chi connectivity index (χ0n) is 42.7. The first-order chi connectivity index (χ1) is 36.0. The predicted octanol–water partition coefficient (Wildman–Crippen LogP) is 9.21. The number of aryl methyl sites for hydroxylation is 4. The first-order valence-corrected chi connectivity index (χ1v) is 25.6. The van der Waals surface area contributed by atoms with E-state index in [1.807, 2.05) is 39.8 Å². The molecule has 0 saturated heterocycles. The van der Waals surface area contributed by atoms with Gasteiger partial charge in [-0.1, -0.05) is 61.4 Å². The number of hydrogen-bond donors (Lipinski definition) is 0. The topological polar surface area (TPSA) is 156 Å². The van der Waals surface area contributed by atoms with Crippen molar-refractivity contribution in [3.05, 3.63) is 164 Å². The molecule has 8 aromatic rings. The molecule has 3 aromatic heterocycles. The van der Waals surface area contributed by atoms with E-state index in [1.54, 1.807) is 9.36 Å². The van der Waals surface area contributed by atoms with Crippen LogP contribution in [-0.2, 0) is 28.6 Å². The Bertz CT molecular complexity index is 3650. The predicted molar refractivity (Wildman–Crippen MR) is 280 cm³/mol. The quantitative estimate of drug-likeness (QED) is 0.0377. The van der Waals surface area contributed by atoms with Crippen molar-refractivity contribution >= 4 is 46.1 Å². The number of ether oxygens (including phenoxy) is 3. The molecule has 0 fully saturated rings. The van der Waals surface area contributed by atoms with Gasteiger partial charge in [0.1, 0.15) is 0 Å². The van der Waals surface area contributed by atoms with E-state index in [0.29, 0.717) is 24.8 Å². The lowest BCUT2D eigenvalue weighted by Crippen LogP contribution is -2.44. The highest BCUT2D eigenvalue weighted by atomic mass is 16.5. The number of rotatable bonds is 12. The van der Waals surface area contributed by atoms with Crippen LogP contribution in [0.25, 0.3) is 33.4 Å². The van der Waals surface area contributed by atoms with E-state index >= 15 is 0 Å². The number of carbonyl (C=O) groups excluding carboxylic acids is 3. The molecule has 3 heterocycles. The lowest BCUT2D eigenvalue weighted by Gasteiger charge is -2.50. The van der Waals surface area contributed by atoms with Gasteiger partial charge in [0, 0.05) is 87.1 Å². The Balaban J connectivity index is 1.19. The van der Waals surface area contributed by atoms with Crippen LogP contribution in [0.1, 0.15) is 123 Å². The maximum absolute atomic E-state index is 14.0. The van der Waals surface area contributed by atoms with E-state index in [-0.39, 0.29) is 72.4 Å². The monoisotopic (exact) mass is 984 g/mol. The van der Waals surface area contributed by atoms with Gasteiger partial charge in [-0.15, -0.1) is 0 Å². The summed E-state index contributed by atoms with van der Waals surface area (Å²) in [5, 5.41) is 13.5. The molecular weight excluding hydrogens is 929 g/mol. The number of nitrogens with zero attached hydrogens (tertiary/aromatic N) is 8. The third-order valence-electron chi connectivity index (χ3n) is 16.6. The zero-order valence-corrected chi connectivity index (χ0v) is 42.7. The molecule has 8 unspecified atom stereocenters. The Morgan fingerprint density at radius 1 is 0.608 bits per heavy atom. The highest BCUT2D eigenvalue weighted by molar-refractivity contribution is 6.16. The van der Waals surface area contributed by atoms with Gasteiger partial charge in [-0.2, -0.15) is 25.1 Å². The molecule has 14 nitrogen and oxygen atoms in total. The molecule has 14 rings (SSSR count). The summed E-state index contributed by atoms with van der Waals surface area (Å²) in [5.41, 5.74) is 14.5. The summed E-state index contributed by atoms with van der Waals surface area (Å²) in [6, 6.07) is 30.4. The van der Waals surface area contributed by atoms with Crippen LogP contribution in [0.5, 0.6) is 0 Å². The van der Waals surface area contributed by atoms with Crippen molar-refractivity contribution in [3.63, 3.8) is 0 Å². The minimum atomic E-state index is -0.373. The van der Waals surface area contributed by atoms with Crippen molar-refractivity contribution < 1.29 is 28.6 Å². The number of anilines is 1. The van der Waals surface area contributed by atoms with Crippen LogP contribution >= 0.6 is 0 Å². The molecule has 6 aliphatic rings. The highest BCUT2D eigenvalue weighted by Crippen LogP contribution is 2.62. The summed E-state index contributed by atoms with van der Waals surface area (Å²) in [6.45, 7) is 17.1. The number of aromatic nitrogens is 7. The van der Waals surface area contributed by atoms with Gasteiger partial charge in [0.15, 0.2) is 0 Å². The van der Waals surface area contributed by atoms with Crippen LogP contribution in [-0.4, -0.2) is 86.8 Å². The summed E-state index contributed by atoms with van der Waals surface area (Å²) in [7, 11) is 1.49. The van der Waals surface area contributed by atoms with E-state index in [1.165, 1.54) is 29.4 Å². The number of benzene rings is 5. The number of esters is 1. The number of carbonyl (C=O) groups is 3. The van der Waals surface area contributed by atoms with Crippen molar-refractivity contribution in [1.82, 2.24) is 34.5 Å². The molecule has 8 atom stereocenters. The second kappa shape index (κ2) is 18.1. The van der Waals surface area contributed by atoms with Crippen LogP contribution in [0.4, 0.5) is 5.69 Å². The fraction of sp³-hybridized carbons (Fsp3) is 0.333. The SMILES string of the molecule is CCN(CC)c1c2cc3c(cc2c(C#Cc2nc(-n4nc(C)cc4C)nc(-n4nc(C)cc4C)n2)c2cc4c(cc12)C1c2ccccc2C4C(C)C1C(=O)OC)C1c2ccccc2C3C(COC=O)C1COC=O. The van der Waals surface area contributed by atoms with E-state index in [0.717, 1.165) is 90.9 Å². The molecule has 0 saturated carbocycles. The number of fused-ring (bicyclic) bond motifs is 4. The number of hydrogen-bond acceptors (Lipinski definition) is 12. The Hall–Kier alpha value is -8.18. The lowest BCUT2D eigenvalue weighted by molar-refractivity contribution is -0.148. The van der Waals surface area contributed by atoms with Gasteiger partial charge >= 0.3 is 5.97 Å². The standard InChI is InChI=1S/C60H56N8O6/c1-9-66(10-2)57-47-25-45-44(54-38-16-12-13-17-39(38)55(45)50(28-74-30-70)49(54)27-73-29-69)24-42(47)36(19-20-51-61-59(67-33(5)21-31(3)64-67)63-60(62-51)68-34(6)22-32(4)65-68)41-23-43-46(26-48(41)57)56-40-18-14-11-15-37(40)52(43)35(7)53(56)58(71)72-8/h11-18,21-26,29-30,35,49-50,52-56H,9-10,27-28H2,1-8H3. The summed E-state index contributed by atoms with van der Waals surface area (Å²) in [5.74, 6) is 6.47. The van der Waals surface area contributed by atoms with Gasteiger partial charge in [-0.05, 0) is 134 Å². The first-order valence-electron chi connectivity index (χ1n) is 25.6. The molecule has 4 bridgehead atoms. The van der Waals surface area contributed by atoms with Crippen LogP contribution in [0.3, 0.4) is 0 Å². The maximum atomic E-state index is 14.0. The lowest BCUT2D eigenvalue weighted by atomic mass is 9.54. The average molecular weight is 985 g/mol. The molecular formula is C60H56N8O6. The van der Waals surface area contributed by atoms with Crippen molar-refractivity contribution in [3.8, 4) is 23.7 Å². The largest absolute Gasteiger partial charge is 0.469 e. The Morgan fingerprint density at radius 3 is 1.50 bits per heavy atom. The first kappa shape index (κ1) is 46.9. The van der Waals surface area contributed by atoms with Gasteiger partial charge in [-0.3, -0.25) is 14.4 Å². The van der Waals surface area contributed by atoms with E-state index in [9.17, 15) is 14.4 Å². The molecule has 0 amide bonds. The summed E-state index contributed by atoms with van der Waals surface area (Å²) in [4.78, 5) is 55.1. The molecule has 74 heavy (non-hydrogen) atoms. The zero-order chi connectivity index (χ0) is 51.3. The minimum Gasteiger partial charge on any atom is -0.469 e. The van der Waals surface area contributed by atoms with Crippen LogP contribution in [0, 0.1) is 63.2 Å². The Labute approximate surface area is 429 Å². The molecule has 372 valence electrons. The third-order valence-corrected chi connectivity index (χ3v) is 16.6. The number of methoxy groups -OCH3 is 1. The van der Waals surface area contributed by atoms with Crippen molar-refractivity contribution in [2.45, 2.75) is 72.1 Å². The fourth-order valence-corrected chi connectivity index (χ4v) is 13.8. The second-order valence-electron chi connectivity index (χ2n) is 20.4. The van der Waals surface area contributed by atoms with Gasteiger partial charge in [0.25, 0.3) is 24.8 Å². The Morgan fingerprint density at radius 2 is 1.05 bits per heavy atom. The fourth-order valence-electron chi connectivity index (χ4n) is 13.8. The second-order valence-corrected chi connectivity index (χ2v) is 20.4. The summed E-state index contributed by atoms with van der Waals surface area (Å²) < 4.78 is 20.3. The van der Waals surface area contributed by atoms with Crippen LogP contribution in [0.2, 0.25) is 0 Å².